The zero-order valence-electron chi connectivity index (χ0n) is 12.8. The third kappa shape index (κ3) is 2.67. The Labute approximate surface area is 129 Å². The quantitative estimate of drug-likeness (QED) is 0.801. The number of rotatable bonds is 4. The zero-order chi connectivity index (χ0) is 15.0. The van der Waals surface area contributed by atoms with E-state index in [2.05, 4.69) is 33.5 Å². The largest absolute Gasteiger partial charge is 0.374 e. The second-order valence-corrected chi connectivity index (χ2v) is 5.89. The SMILES string of the molecule is CCc1nn(C)c2c1nc(CCl)n2CC1CN(C)CCO1. The number of alkyl halides is 1. The van der Waals surface area contributed by atoms with Gasteiger partial charge in [-0.3, -0.25) is 4.68 Å². The van der Waals surface area contributed by atoms with Gasteiger partial charge in [0, 0.05) is 20.1 Å². The fraction of sp³-hybridized carbons (Fsp3) is 0.714. The molecule has 0 bridgehead atoms. The van der Waals surface area contributed by atoms with Crippen molar-refractivity contribution >= 4 is 22.8 Å². The predicted molar refractivity (Wildman–Crippen MR) is 82.7 cm³/mol. The van der Waals surface area contributed by atoms with Gasteiger partial charge >= 0.3 is 0 Å². The number of halogens is 1. The second kappa shape index (κ2) is 5.94. The lowest BCUT2D eigenvalue weighted by molar-refractivity contribution is -0.0273. The second-order valence-electron chi connectivity index (χ2n) is 5.62. The number of nitrogens with zero attached hydrogens (tertiary/aromatic N) is 5. The van der Waals surface area contributed by atoms with E-state index >= 15 is 0 Å². The molecule has 3 heterocycles. The van der Waals surface area contributed by atoms with E-state index in [0.29, 0.717) is 5.88 Å². The van der Waals surface area contributed by atoms with Crippen molar-refractivity contribution in [1.29, 1.82) is 0 Å². The summed E-state index contributed by atoms with van der Waals surface area (Å²) in [6.07, 6.45) is 1.04. The molecule has 2 aromatic rings. The maximum atomic E-state index is 6.09. The van der Waals surface area contributed by atoms with Gasteiger partial charge < -0.3 is 14.2 Å². The topological polar surface area (TPSA) is 48.1 Å². The molecular formula is C14H22ClN5O. The Kier molecular flexibility index (Phi) is 4.19. The molecule has 1 atom stereocenters. The lowest BCUT2D eigenvalue weighted by atomic mass is 10.2. The van der Waals surface area contributed by atoms with Gasteiger partial charge in [-0.1, -0.05) is 6.92 Å². The molecule has 1 unspecified atom stereocenters. The minimum absolute atomic E-state index is 0.170. The molecule has 0 aromatic carbocycles. The molecule has 3 rings (SSSR count). The van der Waals surface area contributed by atoms with Crippen LogP contribution in [0.15, 0.2) is 0 Å². The summed E-state index contributed by atoms with van der Waals surface area (Å²) in [5.41, 5.74) is 3.04. The first-order valence-electron chi connectivity index (χ1n) is 7.41. The lowest BCUT2D eigenvalue weighted by Gasteiger charge is -2.30. The van der Waals surface area contributed by atoms with E-state index in [1.54, 1.807) is 0 Å². The summed E-state index contributed by atoms with van der Waals surface area (Å²) in [6.45, 7) is 5.57. The number of fused-ring (bicyclic) bond motifs is 1. The summed E-state index contributed by atoms with van der Waals surface area (Å²) in [7, 11) is 4.09. The number of ether oxygens (including phenoxy) is 1. The Bertz CT molecular complexity index is 635. The van der Waals surface area contributed by atoms with E-state index in [-0.39, 0.29) is 6.10 Å². The lowest BCUT2D eigenvalue weighted by Crippen LogP contribution is -2.42. The standard InChI is InChI=1S/C14H22ClN5O/c1-4-11-13-14(19(3)17-11)20(12(7-15)16-13)9-10-8-18(2)5-6-21-10/h10H,4-9H2,1-3H3. The van der Waals surface area contributed by atoms with Crippen LogP contribution in [0.1, 0.15) is 18.4 Å². The molecule has 1 fully saturated rings. The summed E-state index contributed by atoms with van der Waals surface area (Å²) in [5.74, 6) is 1.30. The van der Waals surface area contributed by atoms with Crippen molar-refractivity contribution < 1.29 is 4.74 Å². The number of hydrogen-bond acceptors (Lipinski definition) is 4. The number of aryl methyl sites for hydroxylation is 2. The van der Waals surface area contributed by atoms with Crippen molar-refractivity contribution in [2.24, 2.45) is 7.05 Å². The number of hydrogen-bond donors (Lipinski definition) is 0. The Balaban J connectivity index is 1.98. The van der Waals surface area contributed by atoms with Crippen LogP contribution in [-0.2, 0) is 30.6 Å². The van der Waals surface area contributed by atoms with Gasteiger partial charge in [0.05, 0.1) is 30.8 Å². The molecule has 0 saturated carbocycles. The van der Waals surface area contributed by atoms with Crippen molar-refractivity contribution in [3.63, 3.8) is 0 Å². The van der Waals surface area contributed by atoms with Crippen LogP contribution in [-0.4, -0.2) is 57.1 Å². The van der Waals surface area contributed by atoms with Crippen molar-refractivity contribution in [3.05, 3.63) is 11.5 Å². The Morgan fingerprint density at radius 1 is 1.38 bits per heavy atom. The van der Waals surface area contributed by atoms with E-state index in [0.717, 1.165) is 55.3 Å². The molecule has 6 nitrogen and oxygen atoms in total. The van der Waals surface area contributed by atoms with Gasteiger partial charge in [0.15, 0.2) is 5.65 Å². The number of aromatic nitrogens is 4. The van der Waals surface area contributed by atoms with Crippen molar-refractivity contribution in [2.45, 2.75) is 31.9 Å². The average Bonchev–Trinajstić information content (AvgIpc) is 2.97. The van der Waals surface area contributed by atoms with Crippen LogP contribution in [0.25, 0.3) is 11.2 Å². The van der Waals surface area contributed by atoms with Crippen LogP contribution in [0.3, 0.4) is 0 Å². The van der Waals surface area contributed by atoms with Crippen LogP contribution < -0.4 is 0 Å². The van der Waals surface area contributed by atoms with Gasteiger partial charge in [0.2, 0.25) is 0 Å². The molecule has 0 amide bonds. The summed E-state index contributed by atoms with van der Waals surface area (Å²) in [5, 5.41) is 4.55. The van der Waals surface area contributed by atoms with Crippen molar-refractivity contribution in [3.8, 4) is 0 Å². The highest BCUT2D eigenvalue weighted by atomic mass is 35.5. The summed E-state index contributed by atoms with van der Waals surface area (Å²) in [6, 6.07) is 0. The molecule has 1 aliphatic heterocycles. The first-order chi connectivity index (χ1) is 10.1. The minimum atomic E-state index is 0.170. The van der Waals surface area contributed by atoms with Crippen molar-refractivity contribution in [1.82, 2.24) is 24.2 Å². The Morgan fingerprint density at radius 3 is 2.86 bits per heavy atom. The monoisotopic (exact) mass is 311 g/mol. The van der Waals surface area contributed by atoms with Crippen LogP contribution >= 0.6 is 11.6 Å². The zero-order valence-corrected chi connectivity index (χ0v) is 13.6. The first kappa shape index (κ1) is 14.8. The minimum Gasteiger partial charge on any atom is -0.374 e. The average molecular weight is 312 g/mol. The van der Waals surface area contributed by atoms with Gasteiger partial charge in [-0.2, -0.15) is 5.10 Å². The fourth-order valence-corrected chi connectivity index (χ4v) is 3.20. The van der Waals surface area contributed by atoms with Crippen LogP contribution in [0.2, 0.25) is 0 Å². The van der Waals surface area contributed by atoms with Gasteiger partial charge in [-0.15, -0.1) is 11.6 Å². The molecule has 2 aromatic heterocycles. The molecule has 116 valence electrons. The Morgan fingerprint density at radius 2 is 2.19 bits per heavy atom. The molecular weight excluding hydrogens is 290 g/mol. The highest BCUT2D eigenvalue weighted by Crippen LogP contribution is 2.22. The fourth-order valence-electron chi connectivity index (χ4n) is 3.00. The molecule has 0 spiro atoms. The molecule has 1 aliphatic rings. The van der Waals surface area contributed by atoms with Crippen molar-refractivity contribution in [2.75, 3.05) is 26.7 Å². The maximum absolute atomic E-state index is 6.09. The van der Waals surface area contributed by atoms with Gasteiger partial charge in [-0.05, 0) is 13.5 Å². The first-order valence-corrected chi connectivity index (χ1v) is 7.94. The van der Waals surface area contributed by atoms with E-state index in [9.17, 15) is 0 Å². The molecule has 21 heavy (non-hydrogen) atoms. The van der Waals surface area contributed by atoms with Gasteiger partial charge in [0.1, 0.15) is 11.3 Å². The van der Waals surface area contributed by atoms with E-state index < -0.39 is 0 Å². The van der Waals surface area contributed by atoms with E-state index in [1.165, 1.54) is 0 Å². The third-order valence-electron chi connectivity index (χ3n) is 4.05. The van der Waals surface area contributed by atoms with Gasteiger partial charge in [0.25, 0.3) is 0 Å². The van der Waals surface area contributed by atoms with Crippen LogP contribution in [0.4, 0.5) is 0 Å². The molecule has 0 N–H and O–H groups in total. The Hall–Kier alpha value is -1.11. The number of imidazole rings is 1. The highest BCUT2D eigenvalue weighted by molar-refractivity contribution is 6.16. The summed E-state index contributed by atoms with van der Waals surface area (Å²) >= 11 is 6.09. The summed E-state index contributed by atoms with van der Waals surface area (Å²) in [4.78, 5) is 6.98. The maximum Gasteiger partial charge on any atom is 0.158 e. The number of likely N-dealkylation sites (N-methyl/N-ethyl adjacent to an activating group) is 1. The van der Waals surface area contributed by atoms with E-state index in [1.807, 2.05) is 11.7 Å². The number of morpholine rings is 1. The highest BCUT2D eigenvalue weighted by Gasteiger charge is 2.23. The summed E-state index contributed by atoms with van der Waals surface area (Å²) < 4.78 is 9.95. The molecule has 7 heteroatoms. The van der Waals surface area contributed by atoms with Crippen LogP contribution in [0, 0.1) is 0 Å². The molecule has 0 radical (unpaired) electrons. The molecule has 0 aliphatic carbocycles. The van der Waals surface area contributed by atoms with Crippen LogP contribution in [0.5, 0.6) is 0 Å². The predicted octanol–water partition coefficient (Wildman–Crippen LogP) is 1.40. The smallest absolute Gasteiger partial charge is 0.158 e. The molecule has 1 saturated heterocycles. The van der Waals surface area contributed by atoms with E-state index in [4.69, 9.17) is 16.3 Å². The van der Waals surface area contributed by atoms with Gasteiger partial charge in [-0.25, -0.2) is 4.98 Å². The third-order valence-corrected chi connectivity index (χ3v) is 4.29. The normalized spacial score (nSPS) is 20.5.